The van der Waals surface area contributed by atoms with Crippen LogP contribution in [0.3, 0.4) is 0 Å². The van der Waals surface area contributed by atoms with Gasteiger partial charge in [0.15, 0.2) is 11.6 Å². The van der Waals surface area contributed by atoms with Crippen molar-refractivity contribution in [3.8, 4) is 5.75 Å². The molecule has 0 amide bonds. The van der Waals surface area contributed by atoms with E-state index in [1.807, 2.05) is 0 Å². The average molecular weight is 180 g/mol. The Kier molecular flexibility index (Phi) is 1.65. The molecule has 0 radical (unpaired) electrons. The number of benzene rings is 2. The van der Waals surface area contributed by atoms with Crippen molar-refractivity contribution in [1.29, 1.82) is 0 Å². The lowest BCUT2D eigenvalue weighted by Crippen LogP contribution is -1.83. The molecule has 3 heteroatoms. The molecule has 0 heterocycles. The highest BCUT2D eigenvalue weighted by Crippen LogP contribution is 2.26. The largest absolute Gasteiger partial charge is 0.507 e. The highest BCUT2D eigenvalue weighted by atomic mass is 19.2. The summed E-state index contributed by atoms with van der Waals surface area (Å²) < 4.78 is 25.5. The summed E-state index contributed by atoms with van der Waals surface area (Å²) >= 11 is 0. The summed E-state index contributed by atoms with van der Waals surface area (Å²) in [5.74, 6) is -1.90. The number of hydrogen-bond acceptors (Lipinski definition) is 1. The summed E-state index contributed by atoms with van der Waals surface area (Å²) in [6, 6.07) is 6.66. The minimum atomic E-state index is -0.950. The monoisotopic (exact) mass is 180 g/mol. The second-order valence-corrected chi connectivity index (χ2v) is 2.76. The van der Waals surface area contributed by atoms with Crippen LogP contribution in [0, 0.1) is 11.6 Å². The van der Waals surface area contributed by atoms with E-state index in [1.54, 1.807) is 12.1 Å². The molecule has 0 aliphatic heterocycles. The van der Waals surface area contributed by atoms with Crippen LogP contribution < -0.4 is 0 Å². The van der Waals surface area contributed by atoms with Crippen LogP contribution >= 0.6 is 0 Å². The minimum Gasteiger partial charge on any atom is -0.507 e. The van der Waals surface area contributed by atoms with Gasteiger partial charge in [0.1, 0.15) is 5.75 Å². The highest BCUT2D eigenvalue weighted by Gasteiger charge is 2.05. The third-order valence-electron chi connectivity index (χ3n) is 1.90. The predicted octanol–water partition coefficient (Wildman–Crippen LogP) is 2.82. The van der Waals surface area contributed by atoms with Gasteiger partial charge in [0.25, 0.3) is 0 Å². The van der Waals surface area contributed by atoms with E-state index < -0.39 is 11.6 Å². The van der Waals surface area contributed by atoms with E-state index in [1.165, 1.54) is 6.07 Å². The van der Waals surface area contributed by atoms with E-state index in [9.17, 15) is 13.9 Å². The first kappa shape index (κ1) is 7.98. The third-order valence-corrected chi connectivity index (χ3v) is 1.90. The number of fused-ring (bicyclic) bond motifs is 1. The molecule has 0 aliphatic carbocycles. The normalized spacial score (nSPS) is 10.6. The Labute approximate surface area is 73.2 Å². The summed E-state index contributed by atoms with van der Waals surface area (Å²) in [6.07, 6.45) is 0. The van der Waals surface area contributed by atoms with Crippen molar-refractivity contribution in [2.24, 2.45) is 0 Å². The molecule has 2 aromatic rings. The van der Waals surface area contributed by atoms with Gasteiger partial charge in [-0.3, -0.25) is 0 Å². The van der Waals surface area contributed by atoms with Crippen LogP contribution in [0.4, 0.5) is 8.78 Å². The molecular weight excluding hydrogens is 174 g/mol. The van der Waals surface area contributed by atoms with Crippen LogP contribution in [0.1, 0.15) is 0 Å². The molecule has 66 valence electrons. The van der Waals surface area contributed by atoms with E-state index in [2.05, 4.69) is 0 Å². The van der Waals surface area contributed by atoms with Gasteiger partial charge >= 0.3 is 0 Å². The number of rotatable bonds is 0. The number of halogens is 2. The van der Waals surface area contributed by atoms with Crippen LogP contribution in [0.5, 0.6) is 5.75 Å². The van der Waals surface area contributed by atoms with Crippen molar-refractivity contribution >= 4 is 10.8 Å². The van der Waals surface area contributed by atoms with Crippen LogP contribution in [0.25, 0.3) is 10.8 Å². The number of aromatic hydroxyl groups is 1. The molecular formula is C10H6F2O. The molecule has 0 aromatic heterocycles. The lowest BCUT2D eigenvalue weighted by Gasteiger charge is -2.00. The smallest absolute Gasteiger partial charge is 0.159 e. The summed E-state index contributed by atoms with van der Waals surface area (Å²) in [4.78, 5) is 0. The van der Waals surface area contributed by atoms with E-state index >= 15 is 0 Å². The zero-order valence-electron chi connectivity index (χ0n) is 6.59. The van der Waals surface area contributed by atoms with Crippen molar-refractivity contribution < 1.29 is 13.9 Å². The number of phenols is 1. The molecule has 13 heavy (non-hydrogen) atoms. The Morgan fingerprint density at radius 3 is 2.46 bits per heavy atom. The molecule has 0 atom stereocenters. The van der Waals surface area contributed by atoms with Gasteiger partial charge in [-0.05, 0) is 23.6 Å². The molecule has 0 bridgehead atoms. The Hall–Kier alpha value is -1.64. The molecule has 0 unspecified atom stereocenters. The number of hydrogen-bond donors (Lipinski definition) is 1. The van der Waals surface area contributed by atoms with Crippen molar-refractivity contribution in [3.63, 3.8) is 0 Å². The molecule has 0 saturated heterocycles. The zero-order chi connectivity index (χ0) is 9.42. The number of phenolic OH excluding ortho intramolecular Hbond substituents is 1. The standard InChI is InChI=1S/C10H6F2O/c11-8-4-6-2-1-3-10(13)7(6)5-9(8)12/h1-5,13H. The lowest BCUT2D eigenvalue weighted by molar-refractivity contribution is 0.479. The van der Waals surface area contributed by atoms with E-state index in [4.69, 9.17) is 0 Å². The van der Waals surface area contributed by atoms with Crippen molar-refractivity contribution in [2.45, 2.75) is 0 Å². The summed E-state index contributed by atoms with van der Waals surface area (Å²) in [5.41, 5.74) is 0. The highest BCUT2D eigenvalue weighted by molar-refractivity contribution is 5.88. The third kappa shape index (κ3) is 1.22. The van der Waals surface area contributed by atoms with Gasteiger partial charge in [-0.25, -0.2) is 8.78 Å². The maximum absolute atomic E-state index is 12.7. The van der Waals surface area contributed by atoms with Crippen molar-refractivity contribution in [2.75, 3.05) is 0 Å². The van der Waals surface area contributed by atoms with E-state index in [0.29, 0.717) is 10.8 Å². The van der Waals surface area contributed by atoms with Crippen LogP contribution in [-0.4, -0.2) is 5.11 Å². The average Bonchev–Trinajstić information content (AvgIpc) is 2.09. The topological polar surface area (TPSA) is 20.2 Å². The first-order valence-corrected chi connectivity index (χ1v) is 3.75. The fraction of sp³-hybridized carbons (Fsp3) is 0. The molecule has 0 spiro atoms. The Morgan fingerprint density at radius 2 is 1.69 bits per heavy atom. The second-order valence-electron chi connectivity index (χ2n) is 2.76. The summed E-state index contributed by atoms with van der Waals surface area (Å²) in [6.45, 7) is 0. The summed E-state index contributed by atoms with van der Waals surface area (Å²) in [7, 11) is 0. The minimum absolute atomic E-state index is 0.0450. The van der Waals surface area contributed by atoms with Crippen LogP contribution in [0.15, 0.2) is 30.3 Å². The van der Waals surface area contributed by atoms with E-state index in [0.717, 1.165) is 12.1 Å². The SMILES string of the molecule is Oc1cccc2cc(F)c(F)cc12. The lowest BCUT2D eigenvalue weighted by atomic mass is 10.1. The first-order chi connectivity index (χ1) is 6.18. The van der Waals surface area contributed by atoms with Gasteiger partial charge in [-0.1, -0.05) is 12.1 Å². The van der Waals surface area contributed by atoms with Crippen molar-refractivity contribution in [3.05, 3.63) is 42.0 Å². The zero-order valence-corrected chi connectivity index (χ0v) is 6.59. The van der Waals surface area contributed by atoms with Gasteiger partial charge < -0.3 is 5.11 Å². The van der Waals surface area contributed by atoms with Crippen LogP contribution in [-0.2, 0) is 0 Å². The van der Waals surface area contributed by atoms with Gasteiger partial charge in [-0.15, -0.1) is 0 Å². The molecule has 0 saturated carbocycles. The molecule has 0 fully saturated rings. The predicted molar refractivity (Wildman–Crippen MR) is 45.5 cm³/mol. The first-order valence-electron chi connectivity index (χ1n) is 3.75. The molecule has 2 rings (SSSR count). The summed E-state index contributed by atoms with van der Waals surface area (Å²) in [5, 5.41) is 10.1. The molecule has 1 nitrogen and oxygen atoms in total. The van der Waals surface area contributed by atoms with Gasteiger partial charge in [-0.2, -0.15) is 0 Å². The Morgan fingerprint density at radius 1 is 1.00 bits per heavy atom. The fourth-order valence-electron chi connectivity index (χ4n) is 1.25. The maximum Gasteiger partial charge on any atom is 0.159 e. The van der Waals surface area contributed by atoms with Gasteiger partial charge in [0.2, 0.25) is 0 Å². The second kappa shape index (κ2) is 2.69. The molecule has 1 N–H and O–H groups in total. The Balaban J connectivity index is 2.89. The molecule has 0 aliphatic rings. The van der Waals surface area contributed by atoms with Gasteiger partial charge in [0, 0.05) is 5.39 Å². The Bertz CT molecular complexity index is 466. The molecule has 2 aromatic carbocycles. The maximum atomic E-state index is 12.7. The fourth-order valence-corrected chi connectivity index (χ4v) is 1.25. The van der Waals surface area contributed by atoms with E-state index in [-0.39, 0.29) is 5.75 Å². The van der Waals surface area contributed by atoms with Crippen LogP contribution in [0.2, 0.25) is 0 Å². The van der Waals surface area contributed by atoms with Crippen molar-refractivity contribution in [1.82, 2.24) is 0 Å². The van der Waals surface area contributed by atoms with Gasteiger partial charge in [0.05, 0.1) is 0 Å². The quantitative estimate of drug-likeness (QED) is 0.660.